The molecule has 5 nitrogen and oxygen atoms in total. The number of benzene rings is 2. The van der Waals surface area contributed by atoms with Gasteiger partial charge in [0.2, 0.25) is 11.8 Å². The normalized spacial score (nSPS) is 21.4. The van der Waals surface area contributed by atoms with Crippen LogP contribution in [-0.4, -0.2) is 54.8 Å². The Hall–Kier alpha value is -2.86. The second kappa shape index (κ2) is 12.6. The second-order valence-electron chi connectivity index (χ2n) is 10.6. The van der Waals surface area contributed by atoms with Gasteiger partial charge in [-0.2, -0.15) is 26.3 Å². The van der Waals surface area contributed by atoms with E-state index in [2.05, 4.69) is 5.32 Å². The summed E-state index contributed by atoms with van der Waals surface area (Å²) in [5, 5.41) is 3.15. The van der Waals surface area contributed by atoms with Gasteiger partial charge in [-0.1, -0.05) is 6.07 Å². The largest absolute Gasteiger partial charge is 0.416 e. The van der Waals surface area contributed by atoms with Gasteiger partial charge in [0.25, 0.3) is 0 Å². The molecule has 226 valence electrons. The highest BCUT2D eigenvalue weighted by molar-refractivity contribution is 5.85. The van der Waals surface area contributed by atoms with Crippen LogP contribution in [0.5, 0.6) is 0 Å². The molecule has 2 aromatic rings. The third-order valence-corrected chi connectivity index (χ3v) is 7.73. The van der Waals surface area contributed by atoms with Crippen LogP contribution in [0.4, 0.5) is 30.7 Å². The summed E-state index contributed by atoms with van der Waals surface area (Å²) in [5.41, 5.74) is -1.98. The van der Waals surface area contributed by atoms with Crippen molar-refractivity contribution >= 4 is 24.2 Å². The summed E-state index contributed by atoms with van der Waals surface area (Å²) in [7, 11) is 1.33. The molecule has 13 heteroatoms. The predicted octanol–water partition coefficient (Wildman–Crippen LogP) is 5.79. The average molecular weight is 610 g/mol. The monoisotopic (exact) mass is 609 g/mol. The summed E-state index contributed by atoms with van der Waals surface area (Å²) in [6.45, 7) is 2.95. The van der Waals surface area contributed by atoms with Crippen molar-refractivity contribution in [2.24, 2.45) is 11.8 Å². The molecule has 2 aromatic carbocycles. The number of rotatable bonds is 5. The van der Waals surface area contributed by atoms with Crippen molar-refractivity contribution in [3.63, 3.8) is 0 Å². The fourth-order valence-electron chi connectivity index (χ4n) is 5.69. The number of aryl methyl sites for hydroxylation is 1. The Bertz CT molecular complexity index is 1230. The number of hydrogen-bond donors (Lipinski definition) is 1. The van der Waals surface area contributed by atoms with Crippen LogP contribution >= 0.6 is 12.4 Å². The zero-order valence-corrected chi connectivity index (χ0v) is 23.2. The topological polar surface area (TPSA) is 52.7 Å². The average Bonchev–Trinajstić information content (AvgIpc) is 3.41. The van der Waals surface area contributed by atoms with E-state index in [9.17, 15) is 40.3 Å². The first-order chi connectivity index (χ1) is 18.6. The minimum absolute atomic E-state index is 0. The van der Waals surface area contributed by atoms with Crippen LogP contribution in [0.2, 0.25) is 0 Å². The summed E-state index contributed by atoms with van der Waals surface area (Å²) in [5.74, 6) is -2.42. The number of carbonyl (C=O) groups is 2. The molecule has 0 bridgehead atoms. The number of alkyl halides is 6. The van der Waals surface area contributed by atoms with Gasteiger partial charge in [-0.05, 0) is 73.3 Å². The molecule has 0 aromatic heterocycles. The zero-order chi connectivity index (χ0) is 29.4. The molecular formula is C28H31ClF7N3O2. The van der Waals surface area contributed by atoms with Crippen molar-refractivity contribution in [1.29, 1.82) is 0 Å². The Morgan fingerprint density at radius 3 is 2.17 bits per heavy atom. The first-order valence-corrected chi connectivity index (χ1v) is 12.9. The highest BCUT2D eigenvalue weighted by atomic mass is 35.5. The van der Waals surface area contributed by atoms with Gasteiger partial charge in [0, 0.05) is 45.1 Å². The number of amides is 2. The van der Waals surface area contributed by atoms with E-state index in [0.717, 1.165) is 11.4 Å². The molecule has 4 rings (SSSR count). The van der Waals surface area contributed by atoms with E-state index in [1.165, 1.54) is 19.2 Å². The van der Waals surface area contributed by atoms with Gasteiger partial charge < -0.3 is 15.1 Å². The van der Waals surface area contributed by atoms with Crippen LogP contribution in [0, 0.1) is 24.6 Å². The molecule has 0 aliphatic carbocycles. The number of piperidine rings is 1. The third kappa shape index (κ3) is 7.51. The fraction of sp³-hybridized carbons (Fsp3) is 0.500. The van der Waals surface area contributed by atoms with Crippen LogP contribution in [0.15, 0.2) is 36.4 Å². The molecule has 2 aliphatic rings. The zero-order valence-electron chi connectivity index (χ0n) is 22.4. The molecule has 2 saturated heterocycles. The van der Waals surface area contributed by atoms with E-state index in [-0.39, 0.29) is 55.4 Å². The van der Waals surface area contributed by atoms with Gasteiger partial charge in [0.15, 0.2) is 0 Å². The molecule has 0 spiro atoms. The van der Waals surface area contributed by atoms with Gasteiger partial charge in [0.1, 0.15) is 5.82 Å². The molecule has 2 fully saturated rings. The van der Waals surface area contributed by atoms with E-state index < -0.39 is 53.6 Å². The maximum Gasteiger partial charge on any atom is 0.416 e. The minimum Gasteiger partial charge on any atom is -0.342 e. The van der Waals surface area contributed by atoms with Crippen molar-refractivity contribution in [2.45, 2.75) is 44.6 Å². The maximum absolute atomic E-state index is 13.9. The van der Waals surface area contributed by atoms with Crippen molar-refractivity contribution in [3.05, 3.63) is 70.0 Å². The van der Waals surface area contributed by atoms with Gasteiger partial charge in [0.05, 0.1) is 17.0 Å². The number of halogens is 8. The highest BCUT2D eigenvalue weighted by Gasteiger charge is 2.41. The molecule has 2 amide bonds. The van der Waals surface area contributed by atoms with Crippen molar-refractivity contribution in [3.8, 4) is 0 Å². The van der Waals surface area contributed by atoms with E-state index in [4.69, 9.17) is 0 Å². The van der Waals surface area contributed by atoms with Gasteiger partial charge in [-0.25, -0.2) is 4.39 Å². The minimum atomic E-state index is -5.00. The van der Waals surface area contributed by atoms with E-state index in [0.29, 0.717) is 36.2 Å². The smallest absolute Gasteiger partial charge is 0.342 e. The van der Waals surface area contributed by atoms with Crippen molar-refractivity contribution in [1.82, 2.24) is 15.1 Å². The Morgan fingerprint density at radius 1 is 1.00 bits per heavy atom. The Labute approximate surface area is 239 Å². The summed E-state index contributed by atoms with van der Waals surface area (Å²) in [6, 6.07) is 5.41. The molecule has 0 saturated carbocycles. The lowest BCUT2D eigenvalue weighted by Crippen LogP contribution is -2.49. The van der Waals surface area contributed by atoms with Gasteiger partial charge >= 0.3 is 12.4 Å². The van der Waals surface area contributed by atoms with E-state index in [1.54, 1.807) is 17.9 Å². The standard InChI is InChI=1S/C28H30F7N3O2.ClH/c1-16-9-21(29)3-4-22(16)24-15-38(25(39)18-5-7-36-13-18)8-6-23(24)26(40)37(2)14-17-10-19(27(30,31)32)12-20(11-17)28(33,34)35;/h3-4,9-12,18,23-24,36H,5-8,13-15H2,1-2H3;1H. The van der Waals surface area contributed by atoms with Crippen LogP contribution < -0.4 is 5.32 Å². The van der Waals surface area contributed by atoms with Crippen molar-refractivity contribution < 1.29 is 40.3 Å². The molecule has 1 N–H and O–H groups in total. The SMILES string of the molecule is Cc1cc(F)ccc1C1CN(C(=O)C2CCNC2)CCC1C(=O)N(C)Cc1cc(C(F)(F)F)cc(C(F)(F)F)c1.Cl. The summed E-state index contributed by atoms with van der Waals surface area (Å²) < 4.78 is 93.9. The molecule has 3 atom stereocenters. The Kier molecular flexibility index (Phi) is 10.0. The predicted molar refractivity (Wildman–Crippen MR) is 140 cm³/mol. The molecule has 2 aliphatic heterocycles. The first kappa shape index (κ1) is 32.7. The number of nitrogens with zero attached hydrogens (tertiary/aromatic N) is 2. The Balaban J connectivity index is 0.00000462. The summed E-state index contributed by atoms with van der Waals surface area (Å²) in [6.07, 6.45) is -9.07. The second-order valence-corrected chi connectivity index (χ2v) is 10.6. The lowest BCUT2D eigenvalue weighted by atomic mass is 9.78. The van der Waals surface area contributed by atoms with Gasteiger partial charge in [-0.3, -0.25) is 9.59 Å². The number of nitrogens with one attached hydrogen (secondary N) is 1. The highest BCUT2D eigenvalue weighted by Crippen LogP contribution is 2.38. The van der Waals surface area contributed by atoms with E-state index in [1.807, 2.05) is 0 Å². The quantitative estimate of drug-likeness (QED) is 0.437. The molecule has 0 radical (unpaired) electrons. The number of carbonyl (C=O) groups excluding carboxylic acids is 2. The third-order valence-electron chi connectivity index (χ3n) is 7.73. The molecule has 41 heavy (non-hydrogen) atoms. The first-order valence-electron chi connectivity index (χ1n) is 12.9. The lowest BCUT2D eigenvalue weighted by molar-refractivity contribution is -0.143. The van der Waals surface area contributed by atoms with Crippen LogP contribution in [0.25, 0.3) is 0 Å². The molecule has 2 heterocycles. The van der Waals surface area contributed by atoms with Crippen LogP contribution in [-0.2, 0) is 28.5 Å². The molecular weight excluding hydrogens is 579 g/mol. The number of hydrogen-bond acceptors (Lipinski definition) is 3. The van der Waals surface area contributed by atoms with Crippen LogP contribution in [0.1, 0.15) is 46.6 Å². The van der Waals surface area contributed by atoms with Gasteiger partial charge in [-0.15, -0.1) is 12.4 Å². The van der Waals surface area contributed by atoms with E-state index >= 15 is 0 Å². The number of likely N-dealkylation sites (tertiary alicyclic amines) is 1. The summed E-state index contributed by atoms with van der Waals surface area (Å²) >= 11 is 0. The maximum atomic E-state index is 13.9. The van der Waals surface area contributed by atoms with Crippen molar-refractivity contribution in [2.75, 3.05) is 33.2 Å². The summed E-state index contributed by atoms with van der Waals surface area (Å²) in [4.78, 5) is 29.6. The lowest BCUT2D eigenvalue weighted by Gasteiger charge is -2.41. The Morgan fingerprint density at radius 2 is 1.63 bits per heavy atom. The van der Waals surface area contributed by atoms with Crippen LogP contribution in [0.3, 0.4) is 0 Å². The molecule has 3 unspecified atom stereocenters. The fourth-order valence-corrected chi connectivity index (χ4v) is 5.69.